The van der Waals surface area contributed by atoms with E-state index in [1.165, 1.54) is 12.0 Å². The van der Waals surface area contributed by atoms with Crippen LogP contribution in [-0.4, -0.2) is 55.4 Å². The van der Waals surface area contributed by atoms with E-state index in [9.17, 15) is 4.79 Å². The largest absolute Gasteiger partial charge is 0.395 e. The Morgan fingerprint density at radius 3 is 2.62 bits per heavy atom. The zero-order chi connectivity index (χ0) is 10.3. The van der Waals surface area contributed by atoms with Crippen molar-refractivity contribution in [3.63, 3.8) is 0 Å². The first kappa shape index (κ1) is 12.3. The summed E-state index contributed by atoms with van der Waals surface area (Å²) < 4.78 is 4.89. The van der Waals surface area contributed by atoms with Gasteiger partial charge in [-0.15, -0.1) is 0 Å². The second-order valence-electron chi connectivity index (χ2n) is 2.60. The van der Waals surface area contributed by atoms with Crippen LogP contribution in [0.1, 0.15) is 6.92 Å². The molecule has 1 amide bonds. The monoisotopic (exact) mass is 190 g/mol. The summed E-state index contributed by atoms with van der Waals surface area (Å²) in [5, 5.41) is 8.68. The number of hydrogen-bond donors (Lipinski definition) is 2. The maximum absolute atomic E-state index is 11.5. The van der Waals surface area contributed by atoms with E-state index < -0.39 is 6.10 Å². The van der Waals surface area contributed by atoms with Crippen LogP contribution < -0.4 is 5.73 Å². The minimum absolute atomic E-state index is 0.0411. The lowest BCUT2D eigenvalue weighted by Crippen LogP contribution is -2.44. The molecule has 0 bridgehead atoms. The Bertz CT molecular complexity index is 148. The normalized spacial score (nSPS) is 12.6. The van der Waals surface area contributed by atoms with E-state index in [0.29, 0.717) is 13.1 Å². The molecule has 5 nitrogen and oxygen atoms in total. The number of methoxy groups -OCH3 is 1. The van der Waals surface area contributed by atoms with E-state index in [-0.39, 0.29) is 19.1 Å². The summed E-state index contributed by atoms with van der Waals surface area (Å²) in [6, 6.07) is 0. The first-order valence-corrected chi connectivity index (χ1v) is 4.33. The van der Waals surface area contributed by atoms with Crippen LogP contribution in [0.25, 0.3) is 0 Å². The van der Waals surface area contributed by atoms with Crippen molar-refractivity contribution in [1.82, 2.24) is 4.90 Å². The van der Waals surface area contributed by atoms with Crippen molar-refractivity contribution in [2.45, 2.75) is 13.0 Å². The number of ether oxygens (including phenoxy) is 1. The maximum Gasteiger partial charge on any atom is 0.253 e. The Morgan fingerprint density at radius 2 is 2.31 bits per heavy atom. The molecule has 0 fully saturated rings. The van der Waals surface area contributed by atoms with E-state index in [1.807, 2.05) is 6.92 Å². The molecule has 0 aromatic carbocycles. The van der Waals surface area contributed by atoms with Gasteiger partial charge in [0.2, 0.25) is 0 Å². The molecule has 0 saturated heterocycles. The lowest BCUT2D eigenvalue weighted by Gasteiger charge is -2.23. The van der Waals surface area contributed by atoms with Gasteiger partial charge in [-0.3, -0.25) is 4.79 Å². The Labute approximate surface area is 78.5 Å². The molecule has 5 heteroatoms. The molecule has 0 aromatic heterocycles. The minimum atomic E-state index is -0.591. The standard InChI is InChI=1S/C8H18N2O3/c1-3-10(4-5-11)8(12)7(6-9)13-2/h7,11H,3-6,9H2,1-2H3. The highest BCUT2D eigenvalue weighted by atomic mass is 16.5. The molecule has 0 heterocycles. The van der Waals surface area contributed by atoms with Crippen molar-refractivity contribution >= 4 is 5.91 Å². The fraction of sp³-hybridized carbons (Fsp3) is 0.875. The first-order valence-electron chi connectivity index (χ1n) is 4.33. The molecule has 0 aromatic rings. The lowest BCUT2D eigenvalue weighted by molar-refractivity contribution is -0.141. The maximum atomic E-state index is 11.5. The molecule has 0 aliphatic heterocycles. The number of hydrogen-bond acceptors (Lipinski definition) is 4. The molecule has 0 aliphatic carbocycles. The molecule has 0 spiro atoms. The number of carbonyl (C=O) groups is 1. The van der Waals surface area contributed by atoms with Crippen LogP contribution in [0.3, 0.4) is 0 Å². The Kier molecular flexibility index (Phi) is 6.48. The van der Waals surface area contributed by atoms with Crippen LogP contribution in [0, 0.1) is 0 Å². The number of nitrogens with zero attached hydrogens (tertiary/aromatic N) is 1. The van der Waals surface area contributed by atoms with Crippen molar-refractivity contribution in [1.29, 1.82) is 0 Å². The van der Waals surface area contributed by atoms with Crippen LogP contribution in [0.15, 0.2) is 0 Å². The van der Waals surface area contributed by atoms with Gasteiger partial charge in [0.1, 0.15) is 6.10 Å². The second kappa shape index (κ2) is 6.82. The molecule has 3 N–H and O–H groups in total. The highest BCUT2D eigenvalue weighted by Gasteiger charge is 2.20. The third kappa shape index (κ3) is 3.71. The van der Waals surface area contributed by atoms with Gasteiger partial charge in [0.25, 0.3) is 5.91 Å². The van der Waals surface area contributed by atoms with E-state index in [4.69, 9.17) is 15.6 Å². The summed E-state index contributed by atoms with van der Waals surface area (Å²) in [5.74, 6) is -0.165. The summed E-state index contributed by atoms with van der Waals surface area (Å²) in [4.78, 5) is 13.1. The quantitative estimate of drug-likeness (QED) is 0.551. The van der Waals surface area contributed by atoms with Crippen LogP contribution in [0.5, 0.6) is 0 Å². The van der Waals surface area contributed by atoms with Crippen molar-refractivity contribution in [3.8, 4) is 0 Å². The average Bonchev–Trinajstić information content (AvgIpc) is 2.15. The van der Waals surface area contributed by atoms with Crippen molar-refractivity contribution in [2.75, 3.05) is 33.4 Å². The van der Waals surface area contributed by atoms with Gasteiger partial charge < -0.3 is 20.5 Å². The van der Waals surface area contributed by atoms with E-state index in [1.54, 1.807) is 0 Å². The van der Waals surface area contributed by atoms with Crippen LogP contribution >= 0.6 is 0 Å². The first-order chi connectivity index (χ1) is 6.21. The highest BCUT2D eigenvalue weighted by molar-refractivity contribution is 5.81. The van der Waals surface area contributed by atoms with Gasteiger partial charge in [0.15, 0.2) is 0 Å². The van der Waals surface area contributed by atoms with E-state index in [0.717, 1.165) is 0 Å². The van der Waals surface area contributed by atoms with Gasteiger partial charge in [-0.05, 0) is 6.92 Å². The lowest BCUT2D eigenvalue weighted by atomic mass is 10.3. The third-order valence-corrected chi connectivity index (χ3v) is 1.84. The van der Waals surface area contributed by atoms with Gasteiger partial charge in [0.05, 0.1) is 6.61 Å². The van der Waals surface area contributed by atoms with Gasteiger partial charge in [-0.2, -0.15) is 0 Å². The van der Waals surface area contributed by atoms with Crippen molar-refractivity contribution in [2.24, 2.45) is 5.73 Å². The third-order valence-electron chi connectivity index (χ3n) is 1.84. The SMILES string of the molecule is CCN(CCO)C(=O)C(CN)OC. The molecule has 0 aliphatic rings. The highest BCUT2D eigenvalue weighted by Crippen LogP contribution is 1.97. The molecule has 78 valence electrons. The number of aliphatic hydroxyl groups excluding tert-OH is 1. The fourth-order valence-electron chi connectivity index (χ4n) is 1.05. The molecule has 0 saturated carbocycles. The van der Waals surface area contributed by atoms with Crippen molar-refractivity contribution < 1.29 is 14.6 Å². The Balaban J connectivity index is 4.16. The summed E-state index contributed by atoms with van der Waals surface area (Å²) in [5.41, 5.74) is 5.34. The second-order valence-corrected chi connectivity index (χ2v) is 2.60. The number of carbonyl (C=O) groups excluding carboxylic acids is 1. The molecule has 1 atom stereocenters. The Morgan fingerprint density at radius 1 is 1.69 bits per heavy atom. The summed E-state index contributed by atoms with van der Waals surface area (Å²) in [7, 11) is 1.45. The predicted octanol–water partition coefficient (Wildman–Crippen LogP) is -1.20. The molecule has 0 radical (unpaired) electrons. The van der Waals surface area contributed by atoms with E-state index in [2.05, 4.69) is 0 Å². The predicted molar refractivity (Wildman–Crippen MR) is 49.2 cm³/mol. The van der Waals surface area contributed by atoms with Crippen molar-refractivity contribution in [3.05, 3.63) is 0 Å². The molecule has 13 heavy (non-hydrogen) atoms. The smallest absolute Gasteiger partial charge is 0.253 e. The zero-order valence-electron chi connectivity index (χ0n) is 8.19. The fourth-order valence-corrected chi connectivity index (χ4v) is 1.05. The van der Waals surface area contributed by atoms with E-state index >= 15 is 0 Å². The number of amides is 1. The van der Waals surface area contributed by atoms with Gasteiger partial charge in [-0.25, -0.2) is 0 Å². The molecular formula is C8H18N2O3. The molecule has 0 rings (SSSR count). The number of nitrogens with two attached hydrogens (primary N) is 1. The summed E-state index contributed by atoms with van der Waals surface area (Å²) in [6.07, 6.45) is -0.591. The molecular weight excluding hydrogens is 172 g/mol. The van der Waals surface area contributed by atoms with Gasteiger partial charge in [0, 0.05) is 26.7 Å². The van der Waals surface area contributed by atoms with Crippen LogP contribution in [0.2, 0.25) is 0 Å². The zero-order valence-corrected chi connectivity index (χ0v) is 8.19. The van der Waals surface area contributed by atoms with Crippen LogP contribution in [0.4, 0.5) is 0 Å². The number of rotatable bonds is 6. The number of likely N-dealkylation sites (N-methyl/N-ethyl adjacent to an activating group) is 1. The van der Waals surface area contributed by atoms with Gasteiger partial charge in [-0.1, -0.05) is 0 Å². The van der Waals surface area contributed by atoms with Gasteiger partial charge >= 0.3 is 0 Å². The summed E-state index contributed by atoms with van der Waals surface area (Å²) >= 11 is 0. The Hall–Kier alpha value is -0.650. The number of aliphatic hydroxyl groups is 1. The summed E-state index contributed by atoms with van der Waals surface area (Å²) in [6.45, 7) is 2.85. The van der Waals surface area contributed by atoms with Crippen LogP contribution in [-0.2, 0) is 9.53 Å². The minimum Gasteiger partial charge on any atom is -0.395 e. The molecule has 1 unspecified atom stereocenters. The average molecular weight is 190 g/mol. The topological polar surface area (TPSA) is 75.8 Å².